The SMILES string of the molecule is O=C(O)CN1C(=O)SC(=c2s/c(=c3/sc(=CC=C4Sc5c(ccc6ccccc56)N4CCCS(=O)(=O)O)c(=O)n3CCS(=O)(=O)O)c(=O)n2CC(=O)O)C1=O. The van der Waals surface area contributed by atoms with Gasteiger partial charge in [-0.05, 0) is 47.2 Å². The van der Waals surface area contributed by atoms with Crippen LogP contribution in [-0.4, -0.2) is 97.9 Å². The topological polar surface area (TPSA) is 268 Å². The van der Waals surface area contributed by atoms with Crippen molar-refractivity contribution in [3.8, 4) is 0 Å². The van der Waals surface area contributed by atoms with Crippen LogP contribution in [0.1, 0.15) is 6.42 Å². The number of amides is 2. The van der Waals surface area contributed by atoms with E-state index in [1.54, 1.807) is 11.0 Å². The summed E-state index contributed by atoms with van der Waals surface area (Å²) in [5.74, 6) is -5.59. The predicted octanol–water partition coefficient (Wildman–Crippen LogP) is 0.946. The standard InChI is InChI=1S/C31H26N4O14S6/c36-21(37)14-34-27(41)24(52-30(34)25-28(42)35(15-22(38)39)31(43)53-25)29-33(11-13-55(47,48)49)26(40)19(50-29)8-9-20-32(10-3-12-54(44,45)46)18-7-6-16-4-1-2-5-17(16)23(18)51-20/h1-2,4-9H,3,10-15H2,(H,36,37)(H,38,39)(H,44,45,46)(H,47,48,49)/b19-8?,20-9?,29-24+,30-25?. The quantitative estimate of drug-likeness (QED) is 0.144. The molecule has 4 aromatic rings. The maximum atomic E-state index is 13.9. The van der Waals surface area contributed by atoms with Gasteiger partial charge in [-0.1, -0.05) is 42.1 Å². The van der Waals surface area contributed by atoms with Crippen LogP contribution in [0.25, 0.3) is 21.8 Å². The van der Waals surface area contributed by atoms with Gasteiger partial charge in [0.1, 0.15) is 31.9 Å². The molecular weight excluding hydrogens is 845 g/mol. The monoisotopic (exact) mass is 870 g/mol. The molecule has 0 aliphatic carbocycles. The molecule has 6 rings (SSSR count). The molecule has 1 saturated heterocycles. The Kier molecular flexibility index (Phi) is 11.3. The molecule has 0 atom stereocenters. The van der Waals surface area contributed by atoms with E-state index in [0.29, 0.717) is 25.8 Å². The highest BCUT2D eigenvalue weighted by Crippen LogP contribution is 2.49. The molecule has 18 nitrogen and oxygen atoms in total. The van der Waals surface area contributed by atoms with E-state index in [2.05, 4.69) is 0 Å². The number of aromatic nitrogens is 2. The van der Waals surface area contributed by atoms with Gasteiger partial charge in [-0.3, -0.25) is 51.9 Å². The Morgan fingerprint density at radius 2 is 1.42 bits per heavy atom. The third kappa shape index (κ3) is 8.65. The summed E-state index contributed by atoms with van der Waals surface area (Å²) in [6.45, 7) is -2.50. The zero-order valence-electron chi connectivity index (χ0n) is 27.7. The first-order chi connectivity index (χ1) is 25.8. The Hall–Kier alpha value is -4.56. The first-order valence-electron chi connectivity index (χ1n) is 15.6. The van der Waals surface area contributed by atoms with Gasteiger partial charge >= 0.3 is 11.9 Å². The second-order valence-electron chi connectivity index (χ2n) is 11.7. The van der Waals surface area contributed by atoms with Crippen LogP contribution in [0.15, 0.2) is 62.0 Å². The lowest BCUT2D eigenvalue weighted by molar-refractivity contribution is -0.140. The number of thioether (sulfide) groups is 2. The Balaban J connectivity index is 1.57. The van der Waals surface area contributed by atoms with Crippen molar-refractivity contribution < 1.29 is 55.3 Å². The summed E-state index contributed by atoms with van der Waals surface area (Å²) < 4.78 is 66.1. The molecule has 24 heteroatoms. The van der Waals surface area contributed by atoms with Crippen LogP contribution < -0.4 is 25.2 Å². The van der Waals surface area contributed by atoms with Crippen LogP contribution in [0.4, 0.5) is 10.5 Å². The van der Waals surface area contributed by atoms with Crippen molar-refractivity contribution in [3.63, 3.8) is 0 Å². The van der Waals surface area contributed by atoms with Crippen molar-refractivity contribution in [3.05, 3.63) is 86.6 Å². The minimum Gasteiger partial charge on any atom is -0.480 e. The minimum absolute atomic E-state index is 0.0391. The summed E-state index contributed by atoms with van der Waals surface area (Å²) in [4.78, 5) is 79.0. The molecule has 0 spiro atoms. The smallest absolute Gasteiger partial charge is 0.323 e. The second-order valence-corrected chi connectivity index (χ2v) is 18.9. The van der Waals surface area contributed by atoms with E-state index in [0.717, 1.165) is 37.3 Å². The number of carboxylic acid groups (broad SMARTS) is 2. The van der Waals surface area contributed by atoms with E-state index in [-0.39, 0.29) is 43.1 Å². The van der Waals surface area contributed by atoms with Gasteiger partial charge < -0.3 is 15.1 Å². The normalized spacial score (nSPS) is 17.6. The number of rotatable bonds is 12. The lowest BCUT2D eigenvalue weighted by Gasteiger charge is -2.20. The van der Waals surface area contributed by atoms with E-state index < -0.39 is 90.5 Å². The molecular formula is C31H26N4O14S6. The highest BCUT2D eigenvalue weighted by Gasteiger charge is 2.38. The van der Waals surface area contributed by atoms with Crippen molar-refractivity contribution in [2.75, 3.05) is 29.5 Å². The van der Waals surface area contributed by atoms with Crippen LogP contribution in [-0.2, 0) is 47.7 Å². The molecule has 0 radical (unpaired) electrons. The molecule has 2 aliphatic heterocycles. The minimum atomic E-state index is -4.65. The van der Waals surface area contributed by atoms with Crippen LogP contribution >= 0.6 is 46.2 Å². The van der Waals surface area contributed by atoms with Gasteiger partial charge in [0.15, 0.2) is 0 Å². The number of carbonyl (C=O) groups is 4. The van der Waals surface area contributed by atoms with E-state index in [1.165, 1.54) is 17.8 Å². The third-order valence-electron chi connectivity index (χ3n) is 7.97. The molecule has 2 aliphatic rings. The van der Waals surface area contributed by atoms with Crippen LogP contribution in [0.2, 0.25) is 0 Å². The number of hydrogen-bond donors (Lipinski definition) is 4. The Morgan fingerprint density at radius 3 is 2.09 bits per heavy atom. The summed E-state index contributed by atoms with van der Waals surface area (Å²) >= 11 is 2.86. The van der Waals surface area contributed by atoms with Gasteiger partial charge in [0.05, 0.1) is 26.8 Å². The zero-order chi connectivity index (χ0) is 40.0. The zero-order valence-corrected chi connectivity index (χ0v) is 32.6. The van der Waals surface area contributed by atoms with Gasteiger partial charge in [0.25, 0.3) is 42.5 Å². The number of benzene rings is 2. The molecule has 0 unspecified atom stereocenters. The van der Waals surface area contributed by atoms with Gasteiger partial charge in [-0.2, -0.15) is 16.8 Å². The molecule has 2 amide bonds. The number of thiazole rings is 2. The van der Waals surface area contributed by atoms with E-state index in [4.69, 9.17) is 5.11 Å². The third-order valence-corrected chi connectivity index (χ3v) is 14.2. The lowest BCUT2D eigenvalue weighted by atomic mass is 10.1. The molecule has 1 fully saturated rings. The lowest BCUT2D eigenvalue weighted by Crippen LogP contribution is -2.35. The number of anilines is 1. The van der Waals surface area contributed by atoms with E-state index in [1.807, 2.05) is 36.4 Å². The number of carbonyl (C=O) groups excluding carboxylic acids is 2. The molecule has 0 bridgehead atoms. The van der Waals surface area contributed by atoms with Gasteiger partial charge in [0, 0.05) is 18.0 Å². The molecule has 4 N–H and O–H groups in total. The largest absolute Gasteiger partial charge is 0.480 e. The molecule has 4 heterocycles. The molecule has 0 saturated carbocycles. The van der Waals surface area contributed by atoms with Crippen molar-refractivity contribution in [1.29, 1.82) is 0 Å². The maximum absolute atomic E-state index is 13.9. The van der Waals surface area contributed by atoms with Crippen molar-refractivity contribution in [2.45, 2.75) is 24.4 Å². The second kappa shape index (κ2) is 15.5. The number of aliphatic carboxylic acids is 2. The maximum Gasteiger partial charge on any atom is 0.323 e. The number of hydrogen-bond acceptors (Lipinski definition) is 15. The summed E-state index contributed by atoms with van der Waals surface area (Å²) in [5.41, 5.74) is -1.08. The van der Waals surface area contributed by atoms with Crippen LogP contribution in [0.3, 0.4) is 0 Å². The Bertz CT molecular complexity index is 2930. The van der Waals surface area contributed by atoms with Gasteiger partial charge in [0.2, 0.25) is 0 Å². The van der Waals surface area contributed by atoms with Gasteiger partial charge in [-0.15, -0.1) is 22.7 Å². The van der Waals surface area contributed by atoms with Gasteiger partial charge in [-0.25, -0.2) is 0 Å². The highest BCUT2D eigenvalue weighted by atomic mass is 32.2. The van der Waals surface area contributed by atoms with Crippen molar-refractivity contribution in [2.24, 2.45) is 0 Å². The fourth-order valence-electron chi connectivity index (χ4n) is 5.64. The fourth-order valence-corrected chi connectivity index (χ4v) is 11.1. The summed E-state index contributed by atoms with van der Waals surface area (Å²) in [5, 5.41) is 20.2. The average Bonchev–Trinajstić information content (AvgIpc) is 3.79. The van der Waals surface area contributed by atoms with Crippen molar-refractivity contribution in [1.82, 2.24) is 14.0 Å². The molecule has 290 valence electrons. The summed E-state index contributed by atoms with van der Waals surface area (Å²) in [7, 11) is -8.92. The van der Waals surface area contributed by atoms with Crippen molar-refractivity contribution >= 4 is 117 Å². The highest BCUT2D eigenvalue weighted by molar-refractivity contribution is 8.23. The van der Waals surface area contributed by atoms with Crippen LogP contribution in [0.5, 0.6) is 0 Å². The number of fused-ring (bicyclic) bond motifs is 3. The van der Waals surface area contributed by atoms with E-state index >= 15 is 0 Å². The number of allylic oxidation sites excluding steroid dienone is 1. The Morgan fingerprint density at radius 1 is 0.727 bits per heavy atom. The molecule has 55 heavy (non-hydrogen) atoms. The van der Waals surface area contributed by atoms with Crippen LogP contribution in [0, 0.1) is 9.20 Å². The Labute approximate surface area is 325 Å². The summed E-state index contributed by atoms with van der Waals surface area (Å²) in [6, 6.07) is 11.3. The number of carboxylic acids is 2. The first kappa shape index (κ1) is 40.1. The predicted molar refractivity (Wildman–Crippen MR) is 205 cm³/mol. The number of imide groups is 1. The van der Waals surface area contributed by atoms with E-state index in [9.17, 15) is 59.8 Å². The summed E-state index contributed by atoms with van der Waals surface area (Å²) in [6.07, 6.45) is 2.99. The average molecular weight is 871 g/mol. The number of nitrogens with zero attached hydrogens (tertiary/aromatic N) is 4. The first-order valence-corrected chi connectivity index (χ1v) is 22.1. The fraction of sp³-hybridized carbons (Fsp3) is 0.226. The molecule has 2 aromatic carbocycles. The molecule has 2 aromatic heterocycles.